The number of rotatable bonds is 7. The molecule has 5 nitrogen and oxygen atoms in total. The molecule has 0 fully saturated rings. The van der Waals surface area contributed by atoms with Crippen LogP contribution in [0, 0.1) is 0 Å². The molecule has 2 aromatic rings. The van der Waals surface area contributed by atoms with Crippen LogP contribution in [0.25, 0.3) is 0 Å². The maximum Gasteiger partial charge on any atom is 0.276 e. The smallest absolute Gasteiger partial charge is 0.276 e. The van der Waals surface area contributed by atoms with E-state index in [-0.39, 0.29) is 5.91 Å². The highest BCUT2D eigenvalue weighted by atomic mass is 16.5. The second kappa shape index (κ2) is 8.35. The molecule has 1 heterocycles. The standard InChI is InChI=1S/C22H26N2O3/c1-3-4-6-11-19-16-22(26,18-12-14-20(27-2)15-13-18)24(23-19)21(25)17-9-7-5-8-10-17/h5,7-10,12-15,26H,3-4,6,11,16H2,1-2H3. The lowest BCUT2D eigenvalue weighted by molar-refractivity contribution is -0.0765. The summed E-state index contributed by atoms with van der Waals surface area (Å²) >= 11 is 0. The van der Waals surface area contributed by atoms with E-state index in [1.165, 1.54) is 5.01 Å². The van der Waals surface area contributed by atoms with Gasteiger partial charge in [0.1, 0.15) is 5.75 Å². The van der Waals surface area contributed by atoms with Crippen LogP contribution in [0.15, 0.2) is 59.7 Å². The van der Waals surface area contributed by atoms with Crippen molar-refractivity contribution < 1.29 is 14.6 Å². The van der Waals surface area contributed by atoms with Gasteiger partial charge in [0.25, 0.3) is 5.91 Å². The summed E-state index contributed by atoms with van der Waals surface area (Å²) in [6.07, 6.45) is 4.32. The highest BCUT2D eigenvalue weighted by Gasteiger charge is 2.45. The van der Waals surface area contributed by atoms with E-state index in [9.17, 15) is 9.90 Å². The summed E-state index contributed by atoms with van der Waals surface area (Å²) < 4.78 is 5.20. The van der Waals surface area contributed by atoms with Gasteiger partial charge < -0.3 is 9.84 Å². The number of hydrogen-bond acceptors (Lipinski definition) is 4. The zero-order chi connectivity index (χ0) is 19.3. The van der Waals surface area contributed by atoms with Gasteiger partial charge in [0.05, 0.1) is 7.11 Å². The van der Waals surface area contributed by atoms with Crippen LogP contribution in [0.4, 0.5) is 0 Å². The predicted octanol–water partition coefficient (Wildman–Crippen LogP) is 4.32. The summed E-state index contributed by atoms with van der Waals surface area (Å²) in [5.41, 5.74) is 0.497. The summed E-state index contributed by atoms with van der Waals surface area (Å²) in [7, 11) is 1.60. The van der Waals surface area contributed by atoms with Crippen molar-refractivity contribution in [2.75, 3.05) is 7.11 Å². The summed E-state index contributed by atoms with van der Waals surface area (Å²) in [5.74, 6) is 0.393. The summed E-state index contributed by atoms with van der Waals surface area (Å²) in [6, 6.07) is 16.1. The fraction of sp³-hybridized carbons (Fsp3) is 0.364. The molecule has 2 aromatic carbocycles. The third-order valence-corrected chi connectivity index (χ3v) is 4.88. The predicted molar refractivity (Wildman–Crippen MR) is 106 cm³/mol. The molecule has 0 aromatic heterocycles. The van der Waals surface area contributed by atoms with E-state index < -0.39 is 5.72 Å². The maximum atomic E-state index is 13.1. The van der Waals surface area contributed by atoms with Crippen molar-refractivity contribution in [2.24, 2.45) is 5.10 Å². The van der Waals surface area contributed by atoms with Crippen LogP contribution in [0.5, 0.6) is 5.75 Å². The van der Waals surface area contributed by atoms with Gasteiger partial charge >= 0.3 is 0 Å². The lowest BCUT2D eigenvalue weighted by Gasteiger charge is -2.31. The molecule has 0 radical (unpaired) electrons. The van der Waals surface area contributed by atoms with Gasteiger partial charge in [-0.25, -0.2) is 0 Å². The van der Waals surface area contributed by atoms with Gasteiger partial charge in [0.15, 0.2) is 5.72 Å². The van der Waals surface area contributed by atoms with Gasteiger partial charge in [-0.3, -0.25) is 4.79 Å². The molecular weight excluding hydrogens is 340 g/mol. The van der Waals surface area contributed by atoms with Crippen molar-refractivity contribution in [2.45, 2.75) is 44.8 Å². The fourth-order valence-electron chi connectivity index (χ4n) is 3.34. The molecule has 5 heteroatoms. The number of unbranched alkanes of at least 4 members (excludes halogenated alkanes) is 2. The van der Waals surface area contributed by atoms with Crippen molar-refractivity contribution in [3.8, 4) is 5.75 Å². The van der Waals surface area contributed by atoms with Gasteiger partial charge in [-0.15, -0.1) is 0 Å². The third-order valence-electron chi connectivity index (χ3n) is 4.88. The van der Waals surface area contributed by atoms with E-state index in [2.05, 4.69) is 12.0 Å². The maximum absolute atomic E-state index is 13.1. The summed E-state index contributed by atoms with van der Waals surface area (Å²) in [5, 5.41) is 17.3. The van der Waals surface area contributed by atoms with E-state index in [0.29, 0.717) is 23.3 Å². The molecular formula is C22H26N2O3. The summed E-state index contributed by atoms with van der Waals surface area (Å²) in [6.45, 7) is 2.15. The number of methoxy groups -OCH3 is 1. The number of carbonyl (C=O) groups is 1. The molecule has 142 valence electrons. The molecule has 0 bridgehead atoms. The minimum Gasteiger partial charge on any atom is -0.497 e. The van der Waals surface area contributed by atoms with Crippen molar-refractivity contribution in [1.82, 2.24) is 5.01 Å². The first-order chi connectivity index (χ1) is 13.1. The molecule has 3 rings (SSSR count). The molecule has 1 N–H and O–H groups in total. The average molecular weight is 366 g/mol. The van der Waals surface area contributed by atoms with Crippen LogP contribution >= 0.6 is 0 Å². The van der Waals surface area contributed by atoms with E-state index in [1.807, 2.05) is 18.2 Å². The van der Waals surface area contributed by atoms with Crippen molar-refractivity contribution in [3.63, 3.8) is 0 Å². The van der Waals surface area contributed by atoms with E-state index >= 15 is 0 Å². The van der Waals surface area contributed by atoms with Crippen LogP contribution in [0.3, 0.4) is 0 Å². The molecule has 0 saturated heterocycles. The van der Waals surface area contributed by atoms with Crippen molar-refractivity contribution >= 4 is 11.6 Å². The Kier molecular flexibility index (Phi) is 5.91. The Labute approximate surface area is 160 Å². The van der Waals surface area contributed by atoms with Crippen LogP contribution in [-0.2, 0) is 5.72 Å². The second-order valence-corrected chi connectivity index (χ2v) is 6.83. The number of hydrogen-bond donors (Lipinski definition) is 1. The highest BCUT2D eigenvalue weighted by Crippen LogP contribution is 2.38. The van der Waals surface area contributed by atoms with E-state index in [4.69, 9.17) is 4.74 Å². The Morgan fingerprint density at radius 3 is 2.48 bits per heavy atom. The van der Waals surface area contributed by atoms with Crippen molar-refractivity contribution in [1.29, 1.82) is 0 Å². The molecule has 1 aliphatic rings. The summed E-state index contributed by atoms with van der Waals surface area (Å²) in [4.78, 5) is 13.1. The number of ether oxygens (including phenoxy) is 1. The Morgan fingerprint density at radius 1 is 1.15 bits per heavy atom. The number of hydrazone groups is 1. The zero-order valence-corrected chi connectivity index (χ0v) is 15.9. The van der Waals surface area contributed by atoms with Crippen LogP contribution in [0.2, 0.25) is 0 Å². The Morgan fingerprint density at radius 2 is 1.85 bits per heavy atom. The Bertz CT molecular complexity index is 802. The first-order valence-electron chi connectivity index (χ1n) is 9.41. The van der Waals surface area contributed by atoms with Crippen LogP contribution < -0.4 is 4.74 Å². The number of aliphatic hydroxyl groups is 1. The topological polar surface area (TPSA) is 62.1 Å². The zero-order valence-electron chi connectivity index (χ0n) is 15.9. The first-order valence-corrected chi connectivity index (χ1v) is 9.41. The number of carbonyl (C=O) groups excluding carboxylic acids is 1. The Hall–Kier alpha value is -2.66. The normalized spacial score (nSPS) is 19.1. The minimum atomic E-state index is -1.49. The van der Waals surface area contributed by atoms with Gasteiger partial charge in [0, 0.05) is 23.3 Å². The molecule has 0 saturated carbocycles. The molecule has 1 atom stereocenters. The SMILES string of the molecule is CCCCCC1=NN(C(=O)c2ccccc2)C(O)(c2ccc(OC)cc2)C1. The fourth-order valence-corrected chi connectivity index (χ4v) is 3.34. The van der Waals surface area contributed by atoms with Gasteiger partial charge in [0.2, 0.25) is 0 Å². The molecule has 1 amide bonds. The molecule has 27 heavy (non-hydrogen) atoms. The van der Waals surface area contributed by atoms with Crippen molar-refractivity contribution in [3.05, 3.63) is 65.7 Å². The largest absolute Gasteiger partial charge is 0.497 e. The lowest BCUT2D eigenvalue weighted by Crippen LogP contribution is -2.43. The van der Waals surface area contributed by atoms with Crippen LogP contribution in [0.1, 0.15) is 54.9 Å². The van der Waals surface area contributed by atoms with E-state index in [1.54, 1.807) is 43.5 Å². The lowest BCUT2D eigenvalue weighted by atomic mass is 9.95. The number of amides is 1. The number of nitrogens with zero attached hydrogens (tertiary/aromatic N) is 2. The molecule has 1 aliphatic heterocycles. The van der Waals surface area contributed by atoms with E-state index in [0.717, 1.165) is 31.4 Å². The van der Waals surface area contributed by atoms with Crippen LogP contribution in [-0.4, -0.2) is 28.8 Å². The Balaban J connectivity index is 1.93. The molecule has 1 unspecified atom stereocenters. The highest BCUT2D eigenvalue weighted by molar-refractivity contribution is 5.98. The molecule has 0 spiro atoms. The quantitative estimate of drug-likeness (QED) is 0.742. The van der Waals surface area contributed by atoms with Gasteiger partial charge in [-0.1, -0.05) is 50.1 Å². The second-order valence-electron chi connectivity index (χ2n) is 6.83. The monoisotopic (exact) mass is 366 g/mol. The average Bonchev–Trinajstić information content (AvgIpc) is 3.06. The molecule has 0 aliphatic carbocycles. The van der Waals surface area contributed by atoms with Gasteiger partial charge in [-0.05, 0) is 37.1 Å². The number of benzene rings is 2. The van der Waals surface area contributed by atoms with Gasteiger partial charge in [-0.2, -0.15) is 10.1 Å². The third kappa shape index (κ3) is 4.03. The minimum absolute atomic E-state index is 0.306. The first kappa shape index (κ1) is 19.1.